The summed E-state index contributed by atoms with van der Waals surface area (Å²) in [6.45, 7) is 4.76. The maximum atomic E-state index is 13.4. The molecule has 0 aliphatic rings. The Bertz CT molecular complexity index is 440. The molecule has 0 aliphatic carbocycles. The van der Waals surface area contributed by atoms with Crippen LogP contribution in [0.5, 0.6) is 0 Å². The maximum Gasteiger partial charge on any atom is 0.274 e. The third kappa shape index (κ3) is 3.92. The lowest BCUT2D eigenvalue weighted by molar-refractivity contribution is -0.385. The number of halogens is 2. The number of nitrogens with zero attached hydrogens (tertiary/aromatic N) is 1. The quantitative estimate of drug-likeness (QED) is 0.639. The number of benzene rings is 1. The van der Waals surface area contributed by atoms with Crippen LogP contribution >= 0.6 is 11.6 Å². The molecule has 1 unspecified atom stereocenters. The van der Waals surface area contributed by atoms with Crippen LogP contribution < -0.4 is 5.32 Å². The predicted octanol–water partition coefficient (Wildman–Crippen LogP) is 3.32. The minimum atomic E-state index is -0.625. The molecule has 0 bridgehead atoms. The van der Waals surface area contributed by atoms with E-state index in [9.17, 15) is 14.5 Å². The largest absolute Gasteiger partial charge is 0.314 e. The molecule has 1 aromatic carbocycles. The average Bonchev–Trinajstić information content (AvgIpc) is 2.30. The van der Waals surface area contributed by atoms with Crippen molar-refractivity contribution in [1.82, 2.24) is 5.32 Å². The van der Waals surface area contributed by atoms with Gasteiger partial charge in [0, 0.05) is 17.7 Å². The van der Waals surface area contributed by atoms with Gasteiger partial charge in [0.2, 0.25) is 0 Å². The molecule has 1 N–H and O–H groups in total. The third-order valence-corrected chi connectivity index (χ3v) is 2.88. The Balaban J connectivity index is 2.93. The number of nitro benzene ring substituents is 1. The van der Waals surface area contributed by atoms with Gasteiger partial charge < -0.3 is 5.32 Å². The van der Waals surface area contributed by atoms with Gasteiger partial charge in [-0.2, -0.15) is 0 Å². The third-order valence-electron chi connectivity index (χ3n) is 2.59. The normalized spacial score (nSPS) is 12.4. The highest BCUT2D eigenvalue weighted by Crippen LogP contribution is 2.27. The standard InChI is InChI=1S/C12H16ClFN2O2/c1-3-4-15-8(2)5-9-6-11(14)10(13)7-12(9)16(17)18/h6-8,15H,3-5H2,1-2H3. The zero-order chi connectivity index (χ0) is 13.7. The molecule has 1 atom stereocenters. The van der Waals surface area contributed by atoms with Crippen molar-refractivity contribution in [2.45, 2.75) is 32.7 Å². The molecule has 18 heavy (non-hydrogen) atoms. The lowest BCUT2D eigenvalue weighted by atomic mass is 10.0. The first-order valence-electron chi connectivity index (χ1n) is 5.81. The monoisotopic (exact) mass is 274 g/mol. The summed E-state index contributed by atoms with van der Waals surface area (Å²) >= 11 is 5.55. The van der Waals surface area contributed by atoms with Crippen LogP contribution in [0.4, 0.5) is 10.1 Å². The molecule has 0 aromatic heterocycles. The number of rotatable bonds is 6. The predicted molar refractivity (Wildman–Crippen MR) is 69.5 cm³/mol. The zero-order valence-electron chi connectivity index (χ0n) is 10.4. The molecular weight excluding hydrogens is 259 g/mol. The summed E-state index contributed by atoms with van der Waals surface area (Å²) < 4.78 is 13.4. The van der Waals surface area contributed by atoms with Gasteiger partial charge in [0.1, 0.15) is 5.82 Å². The first kappa shape index (κ1) is 14.9. The second-order valence-electron chi connectivity index (χ2n) is 4.21. The number of hydrogen-bond donors (Lipinski definition) is 1. The Morgan fingerprint density at radius 1 is 1.56 bits per heavy atom. The number of nitro groups is 1. The van der Waals surface area contributed by atoms with Gasteiger partial charge in [-0.15, -0.1) is 0 Å². The van der Waals surface area contributed by atoms with Gasteiger partial charge in [-0.3, -0.25) is 10.1 Å². The molecule has 0 amide bonds. The van der Waals surface area contributed by atoms with Crippen molar-refractivity contribution in [3.63, 3.8) is 0 Å². The van der Waals surface area contributed by atoms with Crippen LogP contribution in [0, 0.1) is 15.9 Å². The SMILES string of the molecule is CCCNC(C)Cc1cc(F)c(Cl)cc1[N+](=O)[O-]. The summed E-state index contributed by atoms with van der Waals surface area (Å²) in [6, 6.07) is 2.26. The zero-order valence-corrected chi connectivity index (χ0v) is 11.1. The van der Waals surface area contributed by atoms with Gasteiger partial charge in [0.15, 0.2) is 0 Å². The van der Waals surface area contributed by atoms with E-state index in [0.717, 1.165) is 25.1 Å². The van der Waals surface area contributed by atoms with Crippen LogP contribution in [0.2, 0.25) is 5.02 Å². The van der Waals surface area contributed by atoms with Crippen molar-refractivity contribution in [1.29, 1.82) is 0 Å². The highest BCUT2D eigenvalue weighted by molar-refractivity contribution is 6.31. The fourth-order valence-corrected chi connectivity index (χ4v) is 1.86. The first-order chi connectivity index (χ1) is 8.45. The smallest absolute Gasteiger partial charge is 0.274 e. The molecule has 100 valence electrons. The van der Waals surface area contributed by atoms with E-state index in [4.69, 9.17) is 11.6 Å². The van der Waals surface area contributed by atoms with Crippen LogP contribution in [0.1, 0.15) is 25.8 Å². The molecule has 1 rings (SSSR count). The van der Waals surface area contributed by atoms with Crippen molar-refractivity contribution in [3.05, 3.63) is 38.7 Å². The van der Waals surface area contributed by atoms with E-state index in [1.807, 2.05) is 13.8 Å². The van der Waals surface area contributed by atoms with E-state index in [-0.39, 0.29) is 16.8 Å². The van der Waals surface area contributed by atoms with Gasteiger partial charge >= 0.3 is 0 Å². The molecule has 0 saturated carbocycles. The molecule has 0 saturated heterocycles. The van der Waals surface area contributed by atoms with E-state index in [1.165, 1.54) is 0 Å². The fourth-order valence-electron chi connectivity index (χ4n) is 1.70. The summed E-state index contributed by atoms with van der Waals surface area (Å²) in [5.41, 5.74) is 0.226. The second kappa shape index (κ2) is 6.66. The van der Waals surface area contributed by atoms with Crippen LogP contribution in [0.25, 0.3) is 0 Å². The Kier molecular flexibility index (Phi) is 5.50. The highest BCUT2D eigenvalue weighted by Gasteiger charge is 2.19. The highest BCUT2D eigenvalue weighted by atomic mass is 35.5. The maximum absolute atomic E-state index is 13.4. The first-order valence-corrected chi connectivity index (χ1v) is 6.19. The summed E-state index contributed by atoms with van der Waals surface area (Å²) in [4.78, 5) is 10.4. The van der Waals surface area contributed by atoms with Crippen LogP contribution in [-0.2, 0) is 6.42 Å². The average molecular weight is 275 g/mol. The Hall–Kier alpha value is -1.20. The Labute approximate surface area is 110 Å². The van der Waals surface area contributed by atoms with E-state index in [1.54, 1.807) is 0 Å². The number of hydrogen-bond acceptors (Lipinski definition) is 3. The van der Waals surface area contributed by atoms with E-state index < -0.39 is 10.7 Å². The Morgan fingerprint density at radius 2 is 2.22 bits per heavy atom. The minimum absolute atomic E-state index is 0.0456. The summed E-state index contributed by atoms with van der Waals surface area (Å²) in [6.07, 6.45) is 1.37. The minimum Gasteiger partial charge on any atom is -0.314 e. The second-order valence-corrected chi connectivity index (χ2v) is 4.62. The Morgan fingerprint density at radius 3 is 2.78 bits per heavy atom. The molecular formula is C12H16ClFN2O2. The number of nitrogens with one attached hydrogen (secondary N) is 1. The molecule has 1 aromatic rings. The summed E-state index contributed by atoms with van der Waals surface area (Å²) in [7, 11) is 0. The molecule has 0 fully saturated rings. The van der Waals surface area contributed by atoms with Crippen LogP contribution in [0.3, 0.4) is 0 Å². The molecule has 0 aliphatic heterocycles. The molecule has 6 heteroatoms. The fraction of sp³-hybridized carbons (Fsp3) is 0.500. The van der Waals surface area contributed by atoms with E-state index in [0.29, 0.717) is 12.0 Å². The lowest BCUT2D eigenvalue weighted by Crippen LogP contribution is -2.28. The summed E-state index contributed by atoms with van der Waals surface area (Å²) in [5.74, 6) is -0.625. The molecule has 4 nitrogen and oxygen atoms in total. The van der Waals surface area contributed by atoms with Gasteiger partial charge in [-0.1, -0.05) is 18.5 Å². The van der Waals surface area contributed by atoms with Gasteiger partial charge in [-0.25, -0.2) is 4.39 Å². The van der Waals surface area contributed by atoms with Crippen molar-refractivity contribution in [2.75, 3.05) is 6.54 Å². The van der Waals surface area contributed by atoms with Crippen LogP contribution in [-0.4, -0.2) is 17.5 Å². The van der Waals surface area contributed by atoms with E-state index >= 15 is 0 Å². The molecule has 0 spiro atoms. The van der Waals surface area contributed by atoms with Crippen molar-refractivity contribution < 1.29 is 9.31 Å². The lowest BCUT2D eigenvalue weighted by Gasteiger charge is -2.13. The van der Waals surface area contributed by atoms with Crippen molar-refractivity contribution >= 4 is 17.3 Å². The molecule has 0 radical (unpaired) electrons. The van der Waals surface area contributed by atoms with Crippen LogP contribution in [0.15, 0.2) is 12.1 Å². The van der Waals surface area contributed by atoms with Gasteiger partial charge in [-0.05, 0) is 32.4 Å². The molecule has 0 heterocycles. The van der Waals surface area contributed by atoms with Crippen molar-refractivity contribution in [2.24, 2.45) is 0 Å². The van der Waals surface area contributed by atoms with E-state index in [2.05, 4.69) is 5.32 Å². The van der Waals surface area contributed by atoms with Crippen molar-refractivity contribution in [3.8, 4) is 0 Å². The van der Waals surface area contributed by atoms with Gasteiger partial charge in [0.05, 0.1) is 9.95 Å². The topological polar surface area (TPSA) is 55.2 Å². The van der Waals surface area contributed by atoms with Gasteiger partial charge in [0.25, 0.3) is 5.69 Å². The summed E-state index contributed by atoms with van der Waals surface area (Å²) in [5, 5.41) is 13.9.